The molecule has 0 amide bonds. The lowest BCUT2D eigenvalue weighted by atomic mass is 10.1. The molecule has 1 aromatic rings. The number of hydrogen-bond donors (Lipinski definition) is 1. The van der Waals surface area contributed by atoms with Crippen molar-refractivity contribution in [3.05, 3.63) is 28.8 Å². The highest BCUT2D eigenvalue weighted by atomic mass is 35.5. The van der Waals surface area contributed by atoms with Crippen LogP contribution < -0.4 is 5.32 Å². The zero-order chi connectivity index (χ0) is 15.9. The van der Waals surface area contributed by atoms with Crippen LogP contribution in [0.1, 0.15) is 19.4 Å². The molecule has 1 aliphatic rings. The topological polar surface area (TPSA) is 42.3 Å². The highest BCUT2D eigenvalue weighted by Crippen LogP contribution is 2.20. The van der Waals surface area contributed by atoms with Crippen LogP contribution in [0.5, 0.6) is 0 Å². The van der Waals surface area contributed by atoms with E-state index < -0.39 is 0 Å². The van der Waals surface area contributed by atoms with Crippen molar-refractivity contribution in [3.63, 3.8) is 0 Å². The summed E-state index contributed by atoms with van der Waals surface area (Å²) in [5.74, 6) is 0.572. The number of anilines is 1. The van der Waals surface area contributed by atoms with Crippen molar-refractivity contribution in [3.8, 4) is 6.07 Å². The molecule has 0 radical (unpaired) electrons. The van der Waals surface area contributed by atoms with E-state index in [9.17, 15) is 0 Å². The number of likely N-dealkylation sites (N-methyl/N-ethyl adjacent to an activating group) is 1. The van der Waals surface area contributed by atoms with E-state index in [1.807, 2.05) is 12.1 Å². The Labute approximate surface area is 138 Å². The summed E-state index contributed by atoms with van der Waals surface area (Å²) >= 11 is 6.05. The molecule has 1 heterocycles. The minimum absolute atomic E-state index is 0.510. The lowest BCUT2D eigenvalue weighted by Crippen LogP contribution is -2.47. The van der Waals surface area contributed by atoms with E-state index in [4.69, 9.17) is 16.9 Å². The van der Waals surface area contributed by atoms with Gasteiger partial charge in [0.05, 0.1) is 10.6 Å². The summed E-state index contributed by atoms with van der Waals surface area (Å²) in [5.41, 5.74) is 1.50. The normalized spacial score (nSPS) is 17.9. The van der Waals surface area contributed by atoms with E-state index >= 15 is 0 Å². The van der Waals surface area contributed by atoms with Crippen LogP contribution in [0, 0.1) is 17.2 Å². The van der Waals surface area contributed by atoms with Gasteiger partial charge in [0, 0.05) is 45.0 Å². The molecule has 1 aliphatic heterocycles. The number of nitrogens with zero attached hydrogens (tertiary/aromatic N) is 3. The van der Waals surface area contributed by atoms with Crippen molar-refractivity contribution in [2.24, 2.45) is 5.92 Å². The third-order valence-electron chi connectivity index (χ3n) is 4.23. The SMILES string of the molecule is CCN1CCN(C[C@H](C)CNc2ccc(C#N)c(Cl)c2)CC1. The Kier molecular flexibility index (Phi) is 6.50. The second-order valence-electron chi connectivity index (χ2n) is 6.03. The first-order chi connectivity index (χ1) is 10.6. The maximum absolute atomic E-state index is 8.88. The van der Waals surface area contributed by atoms with Gasteiger partial charge in [-0.2, -0.15) is 5.26 Å². The van der Waals surface area contributed by atoms with E-state index in [0.29, 0.717) is 16.5 Å². The molecule has 0 aromatic heterocycles. The third-order valence-corrected chi connectivity index (χ3v) is 4.54. The number of halogens is 1. The van der Waals surface area contributed by atoms with Gasteiger partial charge < -0.3 is 15.1 Å². The fourth-order valence-corrected chi connectivity index (χ4v) is 3.02. The van der Waals surface area contributed by atoms with Crippen LogP contribution in [0.3, 0.4) is 0 Å². The molecule has 4 nitrogen and oxygen atoms in total. The van der Waals surface area contributed by atoms with Crippen LogP contribution >= 0.6 is 11.6 Å². The zero-order valence-electron chi connectivity index (χ0n) is 13.5. The number of piperazine rings is 1. The molecule has 2 rings (SSSR count). The van der Waals surface area contributed by atoms with Crippen LogP contribution in [-0.4, -0.2) is 55.6 Å². The predicted molar refractivity (Wildman–Crippen MR) is 92.4 cm³/mol. The summed E-state index contributed by atoms with van der Waals surface area (Å²) < 4.78 is 0. The predicted octanol–water partition coefficient (Wildman–Crippen LogP) is 2.90. The number of hydrogen-bond acceptors (Lipinski definition) is 4. The van der Waals surface area contributed by atoms with Gasteiger partial charge in [-0.3, -0.25) is 0 Å². The zero-order valence-corrected chi connectivity index (χ0v) is 14.2. The van der Waals surface area contributed by atoms with Crippen LogP contribution in [0.2, 0.25) is 5.02 Å². The Hall–Kier alpha value is -1.28. The van der Waals surface area contributed by atoms with Crippen molar-refractivity contribution in [2.45, 2.75) is 13.8 Å². The van der Waals surface area contributed by atoms with Crippen molar-refractivity contribution >= 4 is 17.3 Å². The monoisotopic (exact) mass is 320 g/mol. The van der Waals surface area contributed by atoms with E-state index in [1.54, 1.807) is 6.07 Å². The van der Waals surface area contributed by atoms with Gasteiger partial charge in [-0.1, -0.05) is 25.4 Å². The molecule has 0 unspecified atom stereocenters. The average molecular weight is 321 g/mol. The van der Waals surface area contributed by atoms with E-state index in [-0.39, 0.29) is 0 Å². The molecular weight excluding hydrogens is 296 g/mol. The number of nitrogens with one attached hydrogen (secondary N) is 1. The maximum atomic E-state index is 8.88. The van der Waals surface area contributed by atoms with E-state index in [2.05, 4.69) is 35.0 Å². The van der Waals surface area contributed by atoms with Crippen molar-refractivity contribution in [1.29, 1.82) is 5.26 Å². The quantitative estimate of drug-likeness (QED) is 0.875. The highest BCUT2D eigenvalue weighted by molar-refractivity contribution is 6.32. The smallest absolute Gasteiger partial charge is 0.101 e. The molecule has 0 saturated carbocycles. The number of benzene rings is 1. The average Bonchev–Trinajstić information content (AvgIpc) is 2.54. The van der Waals surface area contributed by atoms with Gasteiger partial charge >= 0.3 is 0 Å². The molecular formula is C17H25ClN4. The molecule has 0 spiro atoms. The number of rotatable bonds is 6. The fourth-order valence-electron chi connectivity index (χ4n) is 2.80. The second-order valence-corrected chi connectivity index (χ2v) is 6.43. The summed E-state index contributed by atoms with van der Waals surface area (Å²) in [5, 5.41) is 12.8. The lowest BCUT2D eigenvalue weighted by molar-refractivity contribution is 0.126. The van der Waals surface area contributed by atoms with Crippen molar-refractivity contribution < 1.29 is 0 Å². The standard InChI is InChI=1S/C17H25ClN4/c1-3-21-6-8-22(9-7-21)13-14(2)12-20-16-5-4-15(11-19)17(18)10-16/h4-5,10,14,20H,3,6-9,12-13H2,1-2H3/t14-/m1/s1. The first-order valence-corrected chi connectivity index (χ1v) is 8.38. The van der Waals surface area contributed by atoms with Gasteiger partial charge in [-0.25, -0.2) is 0 Å². The summed E-state index contributed by atoms with van der Waals surface area (Å²) in [6.07, 6.45) is 0. The first-order valence-electron chi connectivity index (χ1n) is 8.00. The van der Waals surface area contributed by atoms with Gasteiger partial charge in [0.1, 0.15) is 6.07 Å². The third kappa shape index (κ3) is 4.88. The summed E-state index contributed by atoms with van der Waals surface area (Å²) in [4.78, 5) is 5.04. The molecule has 22 heavy (non-hydrogen) atoms. The Bertz CT molecular complexity index is 518. The van der Waals surface area contributed by atoms with Gasteiger partial charge in [0.15, 0.2) is 0 Å². The Balaban J connectivity index is 1.75. The van der Waals surface area contributed by atoms with Gasteiger partial charge in [0.2, 0.25) is 0 Å². The fraction of sp³-hybridized carbons (Fsp3) is 0.588. The minimum atomic E-state index is 0.510. The Morgan fingerprint density at radius 1 is 1.27 bits per heavy atom. The minimum Gasteiger partial charge on any atom is -0.385 e. The lowest BCUT2D eigenvalue weighted by Gasteiger charge is -2.35. The molecule has 1 aromatic carbocycles. The van der Waals surface area contributed by atoms with Gasteiger partial charge in [-0.05, 0) is 30.7 Å². The van der Waals surface area contributed by atoms with Crippen LogP contribution in [-0.2, 0) is 0 Å². The molecule has 1 N–H and O–H groups in total. The molecule has 1 saturated heterocycles. The number of nitriles is 1. The van der Waals surface area contributed by atoms with Gasteiger partial charge in [-0.15, -0.1) is 0 Å². The van der Waals surface area contributed by atoms with Crippen LogP contribution in [0.25, 0.3) is 0 Å². The maximum Gasteiger partial charge on any atom is 0.101 e. The first kappa shape index (κ1) is 17.1. The molecule has 0 aliphatic carbocycles. The molecule has 5 heteroatoms. The summed E-state index contributed by atoms with van der Waals surface area (Å²) in [7, 11) is 0. The van der Waals surface area contributed by atoms with Crippen LogP contribution in [0.15, 0.2) is 18.2 Å². The highest BCUT2D eigenvalue weighted by Gasteiger charge is 2.17. The molecule has 1 atom stereocenters. The van der Waals surface area contributed by atoms with Crippen molar-refractivity contribution in [2.75, 3.05) is 51.1 Å². The largest absolute Gasteiger partial charge is 0.385 e. The molecule has 1 fully saturated rings. The Morgan fingerprint density at radius 3 is 2.55 bits per heavy atom. The Morgan fingerprint density at radius 2 is 1.95 bits per heavy atom. The van der Waals surface area contributed by atoms with E-state index in [1.165, 1.54) is 26.2 Å². The summed E-state index contributed by atoms with van der Waals surface area (Å²) in [6, 6.07) is 7.58. The summed E-state index contributed by atoms with van der Waals surface area (Å²) in [6.45, 7) is 12.4. The van der Waals surface area contributed by atoms with Crippen molar-refractivity contribution in [1.82, 2.24) is 9.80 Å². The molecule has 0 bridgehead atoms. The van der Waals surface area contributed by atoms with E-state index in [0.717, 1.165) is 25.3 Å². The second kappa shape index (κ2) is 8.38. The van der Waals surface area contributed by atoms with Crippen LogP contribution in [0.4, 0.5) is 5.69 Å². The molecule has 120 valence electrons. The van der Waals surface area contributed by atoms with Gasteiger partial charge in [0.25, 0.3) is 0 Å².